The third kappa shape index (κ3) is 5.55. The summed E-state index contributed by atoms with van der Waals surface area (Å²) < 4.78 is 4.44. The van der Waals surface area contributed by atoms with E-state index in [1.165, 1.54) is 0 Å². The highest BCUT2D eigenvalue weighted by molar-refractivity contribution is 9.09. The monoisotopic (exact) mass is 210 g/mol. The average Bonchev–Trinajstić information content (AvgIpc) is 1.82. The Balaban J connectivity index is 3.35. The minimum absolute atomic E-state index is 0.214. The van der Waals surface area contributed by atoms with Gasteiger partial charge in [0.1, 0.15) is 13.0 Å². The number of hydrogen-bond donors (Lipinski definition) is 1. The third-order valence-electron chi connectivity index (χ3n) is 0.636. The van der Waals surface area contributed by atoms with E-state index < -0.39 is 18.4 Å². The molecule has 0 aromatic carbocycles. The van der Waals surface area contributed by atoms with Crippen molar-refractivity contribution in [1.82, 2.24) is 0 Å². The lowest BCUT2D eigenvalue weighted by atomic mass is 10.4. The van der Waals surface area contributed by atoms with Crippen molar-refractivity contribution in [3.05, 3.63) is 0 Å². The molecule has 0 aromatic heterocycles. The van der Waals surface area contributed by atoms with E-state index in [0.29, 0.717) is 5.33 Å². The maximum absolute atomic E-state index is 10.4. The highest BCUT2D eigenvalue weighted by Gasteiger charge is 2.07. The van der Waals surface area contributed by atoms with Crippen molar-refractivity contribution in [3.8, 4) is 0 Å². The standard InChI is InChI=1S/C5H7BrO4/c6-1-2-10-5(9)3-4(7)8/h1-3H2,(H,7,8). The second-order valence-electron chi connectivity index (χ2n) is 1.48. The van der Waals surface area contributed by atoms with Crippen molar-refractivity contribution in [3.63, 3.8) is 0 Å². The van der Waals surface area contributed by atoms with Gasteiger partial charge >= 0.3 is 11.9 Å². The van der Waals surface area contributed by atoms with Crippen molar-refractivity contribution in [2.45, 2.75) is 6.42 Å². The van der Waals surface area contributed by atoms with E-state index in [1.54, 1.807) is 0 Å². The zero-order chi connectivity index (χ0) is 7.98. The van der Waals surface area contributed by atoms with Gasteiger partial charge in [-0.1, -0.05) is 15.9 Å². The van der Waals surface area contributed by atoms with Gasteiger partial charge < -0.3 is 9.84 Å². The molecule has 4 nitrogen and oxygen atoms in total. The first-order valence-electron chi connectivity index (χ1n) is 2.60. The summed E-state index contributed by atoms with van der Waals surface area (Å²) in [4.78, 5) is 20.2. The van der Waals surface area contributed by atoms with Crippen molar-refractivity contribution < 1.29 is 19.4 Å². The molecule has 0 fully saturated rings. The van der Waals surface area contributed by atoms with Crippen LogP contribution in [0.1, 0.15) is 6.42 Å². The molecule has 0 saturated carbocycles. The molecule has 0 bridgehead atoms. The topological polar surface area (TPSA) is 63.6 Å². The summed E-state index contributed by atoms with van der Waals surface area (Å²) in [6, 6.07) is 0. The van der Waals surface area contributed by atoms with Gasteiger partial charge in [0.2, 0.25) is 0 Å². The fourth-order valence-corrected chi connectivity index (χ4v) is 0.489. The number of halogens is 1. The van der Waals surface area contributed by atoms with Crippen LogP contribution >= 0.6 is 15.9 Å². The van der Waals surface area contributed by atoms with Crippen LogP contribution < -0.4 is 0 Å². The van der Waals surface area contributed by atoms with Crippen LogP contribution in [-0.4, -0.2) is 29.0 Å². The summed E-state index contributed by atoms with van der Waals surface area (Å²) in [6.45, 7) is 0.214. The summed E-state index contributed by atoms with van der Waals surface area (Å²) in [5.74, 6) is -1.87. The quantitative estimate of drug-likeness (QED) is 0.415. The van der Waals surface area contributed by atoms with Gasteiger partial charge in [-0.3, -0.25) is 9.59 Å². The number of carbonyl (C=O) groups is 2. The summed E-state index contributed by atoms with van der Waals surface area (Å²) in [6.07, 6.45) is -0.563. The van der Waals surface area contributed by atoms with Gasteiger partial charge in [-0.05, 0) is 0 Å². The van der Waals surface area contributed by atoms with E-state index in [-0.39, 0.29) is 6.61 Å². The molecule has 10 heavy (non-hydrogen) atoms. The number of carbonyl (C=O) groups excluding carboxylic acids is 1. The Kier molecular flexibility index (Phi) is 4.92. The van der Waals surface area contributed by atoms with Crippen LogP contribution in [0.3, 0.4) is 0 Å². The lowest BCUT2D eigenvalue weighted by Crippen LogP contribution is -2.11. The molecule has 0 heterocycles. The minimum Gasteiger partial charge on any atom is -0.481 e. The molecule has 1 N–H and O–H groups in total. The van der Waals surface area contributed by atoms with E-state index >= 15 is 0 Å². The lowest BCUT2D eigenvalue weighted by molar-refractivity contribution is -0.150. The fraction of sp³-hybridized carbons (Fsp3) is 0.600. The Labute approximate surface area is 66.3 Å². The number of esters is 1. The number of aliphatic carboxylic acids is 1. The molecule has 0 aliphatic rings. The first-order chi connectivity index (χ1) is 4.66. The normalized spacial score (nSPS) is 8.90. The Hall–Kier alpha value is -0.580. The molecule has 5 heteroatoms. The van der Waals surface area contributed by atoms with Crippen LogP contribution in [0.15, 0.2) is 0 Å². The van der Waals surface area contributed by atoms with Crippen molar-refractivity contribution in [2.75, 3.05) is 11.9 Å². The van der Waals surface area contributed by atoms with E-state index in [0.717, 1.165) is 0 Å². The first kappa shape index (κ1) is 9.42. The van der Waals surface area contributed by atoms with Crippen LogP contribution in [0, 0.1) is 0 Å². The number of hydrogen-bond acceptors (Lipinski definition) is 3. The molecular weight excluding hydrogens is 204 g/mol. The largest absolute Gasteiger partial charge is 0.481 e. The van der Waals surface area contributed by atoms with Crippen molar-refractivity contribution in [1.29, 1.82) is 0 Å². The molecule has 0 radical (unpaired) electrons. The number of carboxylic acids is 1. The van der Waals surface area contributed by atoms with Crippen LogP contribution in [0.4, 0.5) is 0 Å². The highest BCUT2D eigenvalue weighted by atomic mass is 79.9. The van der Waals surface area contributed by atoms with E-state index in [9.17, 15) is 9.59 Å². The second-order valence-corrected chi connectivity index (χ2v) is 2.27. The summed E-state index contributed by atoms with van der Waals surface area (Å²) in [7, 11) is 0. The number of carboxylic acid groups (broad SMARTS) is 1. The first-order valence-corrected chi connectivity index (χ1v) is 3.72. The minimum atomic E-state index is -1.17. The second kappa shape index (κ2) is 5.22. The van der Waals surface area contributed by atoms with Crippen molar-refractivity contribution in [2.24, 2.45) is 0 Å². The Morgan fingerprint density at radius 3 is 2.50 bits per heavy atom. The molecule has 0 aromatic rings. The Bertz CT molecular complexity index is 134. The van der Waals surface area contributed by atoms with Crippen LogP contribution in [-0.2, 0) is 14.3 Å². The molecule has 0 spiro atoms. The molecule has 0 atom stereocenters. The summed E-state index contributed by atoms with van der Waals surface area (Å²) >= 11 is 3.02. The highest BCUT2D eigenvalue weighted by Crippen LogP contribution is 1.88. The van der Waals surface area contributed by atoms with Crippen molar-refractivity contribution >= 4 is 27.9 Å². The number of ether oxygens (including phenoxy) is 1. The molecule has 58 valence electrons. The lowest BCUT2D eigenvalue weighted by Gasteiger charge is -1.97. The molecular formula is C5H7BrO4. The van der Waals surface area contributed by atoms with Crippen LogP contribution in [0.5, 0.6) is 0 Å². The smallest absolute Gasteiger partial charge is 0.317 e. The summed E-state index contributed by atoms with van der Waals surface area (Å²) in [5, 5.41) is 8.60. The predicted molar refractivity (Wildman–Crippen MR) is 37.0 cm³/mol. The van der Waals surface area contributed by atoms with Gasteiger partial charge in [0.25, 0.3) is 0 Å². The van der Waals surface area contributed by atoms with E-state index in [1.807, 2.05) is 0 Å². The molecule has 0 unspecified atom stereocenters. The molecule has 0 aliphatic heterocycles. The SMILES string of the molecule is O=C(O)CC(=O)OCCBr. The van der Waals surface area contributed by atoms with Gasteiger partial charge in [0, 0.05) is 5.33 Å². The van der Waals surface area contributed by atoms with Crippen LogP contribution in [0.25, 0.3) is 0 Å². The molecule has 0 saturated heterocycles. The van der Waals surface area contributed by atoms with Gasteiger partial charge in [-0.25, -0.2) is 0 Å². The Morgan fingerprint density at radius 2 is 2.10 bits per heavy atom. The Morgan fingerprint density at radius 1 is 1.50 bits per heavy atom. The fourth-order valence-electron chi connectivity index (χ4n) is 0.327. The maximum Gasteiger partial charge on any atom is 0.317 e. The molecule has 0 aliphatic carbocycles. The molecule has 0 amide bonds. The number of rotatable bonds is 4. The van der Waals surface area contributed by atoms with Gasteiger partial charge in [0.15, 0.2) is 0 Å². The predicted octanol–water partition coefficient (Wildman–Crippen LogP) is 0.399. The number of alkyl halides is 1. The van der Waals surface area contributed by atoms with Crippen LogP contribution in [0.2, 0.25) is 0 Å². The maximum atomic E-state index is 10.4. The van der Waals surface area contributed by atoms with Gasteiger partial charge in [-0.15, -0.1) is 0 Å². The van der Waals surface area contributed by atoms with Gasteiger partial charge in [-0.2, -0.15) is 0 Å². The molecule has 0 rings (SSSR count). The average molecular weight is 211 g/mol. The van der Waals surface area contributed by atoms with E-state index in [2.05, 4.69) is 20.7 Å². The summed E-state index contributed by atoms with van der Waals surface area (Å²) in [5.41, 5.74) is 0. The van der Waals surface area contributed by atoms with Gasteiger partial charge in [0.05, 0.1) is 0 Å². The third-order valence-corrected chi connectivity index (χ3v) is 0.960. The zero-order valence-electron chi connectivity index (χ0n) is 5.17. The van der Waals surface area contributed by atoms with E-state index in [4.69, 9.17) is 5.11 Å². The zero-order valence-corrected chi connectivity index (χ0v) is 6.76.